The molecule has 3 nitrogen and oxygen atoms in total. The molecule has 1 aliphatic rings. The number of benzene rings is 2. The number of ether oxygens (including phenoxy) is 2. The summed E-state index contributed by atoms with van der Waals surface area (Å²) in [6.07, 6.45) is 1.91. The van der Waals surface area contributed by atoms with Crippen molar-refractivity contribution in [2.75, 3.05) is 13.2 Å². The van der Waals surface area contributed by atoms with Gasteiger partial charge in [-0.1, -0.05) is 48.5 Å². The predicted octanol–water partition coefficient (Wildman–Crippen LogP) is 3.22. The van der Waals surface area contributed by atoms with E-state index in [2.05, 4.69) is 65.4 Å². The normalized spacial score (nSPS) is 15.5. The molecule has 0 radical (unpaired) electrons. The molecule has 0 saturated carbocycles. The molecule has 110 valence electrons. The smallest absolute Gasteiger partial charge is 0.245 e. The van der Waals surface area contributed by atoms with Gasteiger partial charge in [-0.3, -0.25) is 0 Å². The Labute approximate surface area is 129 Å². The molecule has 1 aliphatic heterocycles. The van der Waals surface area contributed by atoms with E-state index in [1.807, 2.05) is 6.07 Å². The third kappa shape index (κ3) is 2.61. The standard InChI is InChI=1S/C19H18NO2/c1-2-6-15(7-3-1)13-20-14-17-9-5-4-8-16(17)12-18(20)19-21-10-11-22-19/h1-9,12,14,19H,10-11,13H2/q+1. The maximum atomic E-state index is 5.72. The summed E-state index contributed by atoms with van der Waals surface area (Å²) in [4.78, 5) is 0. The van der Waals surface area contributed by atoms with Crippen molar-refractivity contribution in [3.63, 3.8) is 0 Å². The lowest BCUT2D eigenvalue weighted by Crippen LogP contribution is -2.40. The van der Waals surface area contributed by atoms with Crippen LogP contribution in [0.2, 0.25) is 0 Å². The fourth-order valence-corrected chi connectivity index (χ4v) is 2.89. The van der Waals surface area contributed by atoms with Gasteiger partial charge in [0.05, 0.1) is 13.2 Å². The molecule has 22 heavy (non-hydrogen) atoms. The molecule has 0 bridgehead atoms. The highest BCUT2D eigenvalue weighted by molar-refractivity contribution is 5.80. The molecule has 0 amide bonds. The zero-order chi connectivity index (χ0) is 14.8. The Morgan fingerprint density at radius 1 is 0.864 bits per heavy atom. The number of fused-ring (bicyclic) bond motifs is 1. The lowest BCUT2D eigenvalue weighted by Gasteiger charge is -2.11. The Morgan fingerprint density at radius 3 is 2.32 bits per heavy atom. The van der Waals surface area contributed by atoms with Gasteiger partial charge < -0.3 is 9.47 Å². The van der Waals surface area contributed by atoms with E-state index in [1.165, 1.54) is 16.3 Å². The van der Waals surface area contributed by atoms with Crippen LogP contribution >= 0.6 is 0 Å². The molecule has 0 N–H and O–H groups in total. The molecule has 3 heteroatoms. The van der Waals surface area contributed by atoms with Crippen molar-refractivity contribution >= 4 is 10.8 Å². The molecular formula is C19H18NO2+. The second-order valence-corrected chi connectivity index (χ2v) is 5.51. The largest absolute Gasteiger partial charge is 0.341 e. The van der Waals surface area contributed by atoms with Crippen LogP contribution < -0.4 is 4.57 Å². The Balaban J connectivity index is 1.81. The summed E-state index contributed by atoms with van der Waals surface area (Å²) in [6.45, 7) is 2.12. The molecule has 1 saturated heterocycles. The van der Waals surface area contributed by atoms with Crippen LogP contribution in [0.25, 0.3) is 10.8 Å². The molecule has 0 spiro atoms. The third-order valence-corrected chi connectivity index (χ3v) is 3.98. The van der Waals surface area contributed by atoms with Gasteiger partial charge in [0.25, 0.3) is 0 Å². The molecular weight excluding hydrogens is 274 g/mol. The quantitative estimate of drug-likeness (QED) is 0.692. The van der Waals surface area contributed by atoms with Crippen molar-refractivity contribution in [1.82, 2.24) is 0 Å². The summed E-state index contributed by atoms with van der Waals surface area (Å²) in [6, 6.07) is 21.0. The molecule has 0 atom stereocenters. The molecule has 3 aromatic rings. The van der Waals surface area contributed by atoms with E-state index in [9.17, 15) is 0 Å². The Kier molecular flexibility index (Phi) is 3.59. The molecule has 1 fully saturated rings. The van der Waals surface area contributed by atoms with Crippen molar-refractivity contribution in [2.24, 2.45) is 0 Å². The second kappa shape index (κ2) is 5.87. The van der Waals surface area contributed by atoms with Crippen LogP contribution in [0, 0.1) is 0 Å². The highest BCUT2D eigenvalue weighted by Crippen LogP contribution is 2.23. The van der Waals surface area contributed by atoms with Gasteiger partial charge in [0.2, 0.25) is 12.0 Å². The molecule has 1 aromatic heterocycles. The first-order chi connectivity index (χ1) is 10.9. The van der Waals surface area contributed by atoms with Crippen LogP contribution in [0.15, 0.2) is 66.9 Å². The van der Waals surface area contributed by atoms with Crippen molar-refractivity contribution < 1.29 is 14.0 Å². The van der Waals surface area contributed by atoms with Gasteiger partial charge in [0.1, 0.15) is 0 Å². The van der Waals surface area contributed by atoms with Crippen LogP contribution in [-0.2, 0) is 16.0 Å². The van der Waals surface area contributed by atoms with E-state index >= 15 is 0 Å². The topological polar surface area (TPSA) is 22.3 Å². The van der Waals surface area contributed by atoms with E-state index in [-0.39, 0.29) is 6.29 Å². The minimum Gasteiger partial charge on any atom is -0.341 e. The van der Waals surface area contributed by atoms with Crippen LogP contribution in [0.4, 0.5) is 0 Å². The van der Waals surface area contributed by atoms with Crippen LogP contribution in [0.5, 0.6) is 0 Å². The first kappa shape index (κ1) is 13.4. The summed E-state index contributed by atoms with van der Waals surface area (Å²) in [5.41, 5.74) is 2.34. The fourth-order valence-electron chi connectivity index (χ4n) is 2.89. The molecule has 2 heterocycles. The SMILES string of the molecule is c1ccc(C[n+]2cc3ccccc3cc2C2OCCO2)cc1. The number of hydrogen-bond acceptors (Lipinski definition) is 2. The molecule has 0 unspecified atom stereocenters. The molecule has 4 rings (SSSR count). The number of aromatic nitrogens is 1. The molecule has 2 aromatic carbocycles. The van der Waals surface area contributed by atoms with E-state index < -0.39 is 0 Å². The van der Waals surface area contributed by atoms with Crippen LogP contribution in [0.3, 0.4) is 0 Å². The third-order valence-electron chi connectivity index (χ3n) is 3.98. The Bertz CT molecular complexity index is 780. The highest BCUT2D eigenvalue weighted by atomic mass is 16.7. The summed E-state index contributed by atoms with van der Waals surface area (Å²) in [5.74, 6) is 0. The lowest BCUT2D eigenvalue weighted by molar-refractivity contribution is -0.700. The Hall–Kier alpha value is -2.23. The van der Waals surface area contributed by atoms with Gasteiger partial charge >= 0.3 is 0 Å². The summed E-state index contributed by atoms with van der Waals surface area (Å²) in [5, 5.41) is 2.43. The van der Waals surface area contributed by atoms with Crippen LogP contribution in [-0.4, -0.2) is 13.2 Å². The predicted molar refractivity (Wildman–Crippen MR) is 84.3 cm³/mol. The van der Waals surface area contributed by atoms with E-state index in [1.54, 1.807) is 0 Å². The minimum absolute atomic E-state index is 0.270. The monoisotopic (exact) mass is 292 g/mol. The molecule has 0 aliphatic carbocycles. The highest BCUT2D eigenvalue weighted by Gasteiger charge is 2.28. The summed E-state index contributed by atoms with van der Waals surface area (Å²) in [7, 11) is 0. The van der Waals surface area contributed by atoms with Crippen molar-refractivity contribution in [3.8, 4) is 0 Å². The lowest BCUT2D eigenvalue weighted by atomic mass is 10.1. The number of nitrogens with zero attached hydrogens (tertiary/aromatic N) is 1. The first-order valence-electron chi connectivity index (χ1n) is 7.59. The van der Waals surface area contributed by atoms with Crippen molar-refractivity contribution in [1.29, 1.82) is 0 Å². The maximum Gasteiger partial charge on any atom is 0.245 e. The fraction of sp³-hybridized carbons (Fsp3) is 0.211. The van der Waals surface area contributed by atoms with Gasteiger partial charge in [-0.05, 0) is 11.5 Å². The number of pyridine rings is 1. The van der Waals surface area contributed by atoms with Gasteiger partial charge in [0, 0.05) is 17.0 Å². The van der Waals surface area contributed by atoms with Crippen molar-refractivity contribution in [3.05, 3.63) is 78.1 Å². The van der Waals surface area contributed by atoms with E-state index in [0.717, 1.165) is 12.2 Å². The van der Waals surface area contributed by atoms with E-state index in [4.69, 9.17) is 9.47 Å². The van der Waals surface area contributed by atoms with Crippen LogP contribution in [0.1, 0.15) is 17.5 Å². The van der Waals surface area contributed by atoms with Gasteiger partial charge in [-0.2, -0.15) is 4.57 Å². The minimum atomic E-state index is -0.270. The average molecular weight is 292 g/mol. The first-order valence-corrected chi connectivity index (χ1v) is 7.59. The maximum absolute atomic E-state index is 5.72. The second-order valence-electron chi connectivity index (χ2n) is 5.51. The van der Waals surface area contributed by atoms with Gasteiger partial charge in [-0.15, -0.1) is 0 Å². The number of rotatable bonds is 3. The van der Waals surface area contributed by atoms with Gasteiger partial charge in [-0.25, -0.2) is 0 Å². The number of hydrogen-bond donors (Lipinski definition) is 0. The van der Waals surface area contributed by atoms with Gasteiger partial charge in [0.15, 0.2) is 12.7 Å². The van der Waals surface area contributed by atoms with E-state index in [0.29, 0.717) is 13.2 Å². The summed E-state index contributed by atoms with van der Waals surface area (Å²) < 4.78 is 13.7. The summed E-state index contributed by atoms with van der Waals surface area (Å²) >= 11 is 0. The Morgan fingerprint density at radius 2 is 1.55 bits per heavy atom. The zero-order valence-corrected chi connectivity index (χ0v) is 12.3. The average Bonchev–Trinajstić information content (AvgIpc) is 3.09. The van der Waals surface area contributed by atoms with Crippen molar-refractivity contribution in [2.45, 2.75) is 12.8 Å². The zero-order valence-electron chi connectivity index (χ0n) is 12.3.